The van der Waals surface area contributed by atoms with Gasteiger partial charge in [0.2, 0.25) is 10.0 Å². The summed E-state index contributed by atoms with van der Waals surface area (Å²) in [5, 5.41) is 10.9. The maximum atomic E-state index is 12.5. The molecule has 2 heterocycles. The second-order valence-electron chi connectivity index (χ2n) is 4.87. The van der Waals surface area contributed by atoms with Crippen LogP contribution >= 0.6 is 27.3 Å². The number of rotatable bonds is 6. The lowest BCUT2D eigenvalue weighted by Gasteiger charge is -2.20. The first-order chi connectivity index (χ1) is 9.85. The van der Waals surface area contributed by atoms with E-state index in [2.05, 4.69) is 20.7 Å². The van der Waals surface area contributed by atoms with E-state index in [0.29, 0.717) is 0 Å². The molecule has 0 amide bonds. The Morgan fingerprint density at radius 3 is 2.67 bits per heavy atom. The summed E-state index contributed by atoms with van der Waals surface area (Å²) in [6, 6.07) is 4.80. The molecular formula is C13H16BrNO4S2. The number of thiophene rings is 1. The number of sulfonamides is 1. The van der Waals surface area contributed by atoms with E-state index in [0.717, 1.165) is 4.88 Å². The molecule has 0 bridgehead atoms. The Balaban J connectivity index is 2.32. The summed E-state index contributed by atoms with van der Waals surface area (Å²) >= 11 is 4.58. The lowest BCUT2D eigenvalue weighted by atomic mass is 10.0. The quantitative estimate of drug-likeness (QED) is 0.788. The Hall–Kier alpha value is -0.670. The summed E-state index contributed by atoms with van der Waals surface area (Å²) in [5.41, 5.74) is 0. The van der Waals surface area contributed by atoms with E-state index in [1.54, 1.807) is 0 Å². The number of nitrogens with one attached hydrogen (secondary N) is 1. The predicted molar refractivity (Wildman–Crippen MR) is 84.6 cm³/mol. The van der Waals surface area contributed by atoms with Gasteiger partial charge in [-0.15, -0.1) is 11.3 Å². The van der Waals surface area contributed by atoms with Crippen LogP contribution in [0.1, 0.15) is 30.5 Å². The van der Waals surface area contributed by atoms with Gasteiger partial charge >= 0.3 is 0 Å². The first-order valence-electron chi connectivity index (χ1n) is 6.30. The number of aliphatic hydroxyl groups is 1. The van der Waals surface area contributed by atoms with Crippen LogP contribution in [0.25, 0.3) is 0 Å². The smallest absolute Gasteiger partial charge is 0.245 e. The van der Waals surface area contributed by atoms with E-state index in [1.807, 2.05) is 31.4 Å². The van der Waals surface area contributed by atoms with Crippen LogP contribution in [0.2, 0.25) is 0 Å². The monoisotopic (exact) mass is 393 g/mol. The average molecular weight is 394 g/mol. The minimum Gasteiger partial charge on any atom is -0.450 e. The van der Waals surface area contributed by atoms with Gasteiger partial charge < -0.3 is 9.52 Å². The van der Waals surface area contributed by atoms with Crippen molar-refractivity contribution in [3.05, 3.63) is 38.9 Å². The van der Waals surface area contributed by atoms with Gasteiger partial charge in [-0.3, -0.25) is 0 Å². The first-order valence-corrected chi connectivity index (χ1v) is 9.45. The zero-order valence-corrected chi connectivity index (χ0v) is 14.8. The molecule has 2 N–H and O–H groups in total. The van der Waals surface area contributed by atoms with Crippen molar-refractivity contribution in [3.63, 3.8) is 0 Å². The Labute approximate surface area is 136 Å². The fourth-order valence-corrected chi connectivity index (χ4v) is 5.27. The second kappa shape index (κ2) is 6.62. The van der Waals surface area contributed by atoms with E-state index >= 15 is 0 Å². The molecule has 2 rings (SSSR count). The van der Waals surface area contributed by atoms with Crippen molar-refractivity contribution in [2.45, 2.75) is 31.4 Å². The van der Waals surface area contributed by atoms with Crippen LogP contribution in [0.15, 0.2) is 37.6 Å². The van der Waals surface area contributed by atoms with E-state index in [4.69, 9.17) is 9.52 Å². The lowest BCUT2D eigenvalue weighted by Crippen LogP contribution is -2.31. The molecule has 0 saturated carbocycles. The van der Waals surface area contributed by atoms with Gasteiger partial charge in [0, 0.05) is 10.9 Å². The minimum absolute atomic E-state index is 0.00578. The molecule has 8 heteroatoms. The highest BCUT2D eigenvalue weighted by atomic mass is 79.9. The van der Waals surface area contributed by atoms with Gasteiger partial charge in [-0.1, -0.05) is 19.9 Å². The molecule has 5 nitrogen and oxygen atoms in total. The summed E-state index contributed by atoms with van der Waals surface area (Å²) < 4.78 is 33.0. The van der Waals surface area contributed by atoms with E-state index in [1.165, 1.54) is 17.4 Å². The topological polar surface area (TPSA) is 79.5 Å². The molecule has 0 spiro atoms. The summed E-state index contributed by atoms with van der Waals surface area (Å²) in [4.78, 5) is 0.948. The Kier molecular flexibility index (Phi) is 5.26. The second-order valence-corrected chi connectivity index (χ2v) is 8.25. The normalized spacial score (nSPS) is 13.8. The minimum atomic E-state index is -3.75. The Morgan fingerprint density at radius 2 is 2.19 bits per heavy atom. The van der Waals surface area contributed by atoms with Crippen molar-refractivity contribution < 1.29 is 17.9 Å². The average Bonchev–Trinajstić information content (AvgIpc) is 3.04. The zero-order valence-electron chi connectivity index (χ0n) is 11.5. The van der Waals surface area contributed by atoms with Crippen LogP contribution in [0.5, 0.6) is 0 Å². The van der Waals surface area contributed by atoms with Crippen LogP contribution < -0.4 is 4.72 Å². The predicted octanol–water partition coefficient (Wildman–Crippen LogP) is 3.27. The zero-order chi connectivity index (χ0) is 15.6. The van der Waals surface area contributed by atoms with Crippen LogP contribution in [-0.2, 0) is 16.6 Å². The molecule has 1 atom stereocenters. The third-order valence-corrected chi connectivity index (χ3v) is 6.20. The molecule has 2 aromatic rings. The van der Waals surface area contributed by atoms with Crippen molar-refractivity contribution in [1.82, 2.24) is 4.72 Å². The summed E-state index contributed by atoms with van der Waals surface area (Å²) in [7, 11) is -3.75. The highest BCUT2D eigenvalue weighted by Gasteiger charge is 2.28. The summed E-state index contributed by atoms with van der Waals surface area (Å²) in [6.07, 6.45) is 0. The van der Waals surface area contributed by atoms with Gasteiger partial charge in [-0.05, 0) is 33.3 Å². The van der Waals surface area contributed by atoms with Gasteiger partial charge in [0.15, 0.2) is 4.67 Å². The molecule has 0 radical (unpaired) electrons. The van der Waals surface area contributed by atoms with Gasteiger partial charge in [-0.25, -0.2) is 13.1 Å². The maximum absolute atomic E-state index is 12.5. The van der Waals surface area contributed by atoms with E-state index in [-0.39, 0.29) is 33.9 Å². The number of aliphatic hydroxyl groups excluding tert-OH is 1. The van der Waals surface area contributed by atoms with Crippen LogP contribution in [-0.4, -0.2) is 13.5 Å². The van der Waals surface area contributed by atoms with Gasteiger partial charge in [0.25, 0.3) is 0 Å². The van der Waals surface area contributed by atoms with Crippen LogP contribution in [0.3, 0.4) is 0 Å². The fourth-order valence-electron chi connectivity index (χ4n) is 1.88. The van der Waals surface area contributed by atoms with E-state index < -0.39 is 10.0 Å². The van der Waals surface area contributed by atoms with Crippen LogP contribution in [0, 0.1) is 5.92 Å². The molecule has 1 unspecified atom stereocenters. The SMILES string of the molecule is CC(C)C(NS(=O)(=O)c1cc(CO)oc1Br)c1cccs1. The number of halogens is 1. The third kappa shape index (κ3) is 3.75. The molecule has 21 heavy (non-hydrogen) atoms. The van der Waals surface area contributed by atoms with Crippen molar-refractivity contribution in [1.29, 1.82) is 0 Å². The van der Waals surface area contributed by atoms with Gasteiger partial charge in [-0.2, -0.15) is 0 Å². The van der Waals surface area contributed by atoms with Gasteiger partial charge in [0.1, 0.15) is 17.3 Å². The highest BCUT2D eigenvalue weighted by Crippen LogP contribution is 2.31. The molecule has 0 aromatic carbocycles. The molecule has 2 aromatic heterocycles. The molecule has 116 valence electrons. The Morgan fingerprint density at radius 1 is 1.48 bits per heavy atom. The number of furan rings is 1. The third-order valence-electron chi connectivity index (χ3n) is 2.95. The molecule has 0 saturated heterocycles. The van der Waals surface area contributed by atoms with Crippen molar-refractivity contribution >= 4 is 37.3 Å². The summed E-state index contributed by atoms with van der Waals surface area (Å²) in [6.45, 7) is 3.56. The Bertz CT molecular complexity index is 692. The maximum Gasteiger partial charge on any atom is 0.245 e. The van der Waals surface area contributed by atoms with Crippen molar-refractivity contribution in [2.75, 3.05) is 0 Å². The van der Waals surface area contributed by atoms with Crippen molar-refractivity contribution in [2.24, 2.45) is 5.92 Å². The first kappa shape index (κ1) is 16.7. The largest absolute Gasteiger partial charge is 0.450 e. The van der Waals surface area contributed by atoms with Crippen molar-refractivity contribution in [3.8, 4) is 0 Å². The molecule has 0 aliphatic carbocycles. The molecule has 0 aliphatic heterocycles. The van der Waals surface area contributed by atoms with Gasteiger partial charge in [0.05, 0.1) is 6.04 Å². The van der Waals surface area contributed by atoms with E-state index in [9.17, 15) is 8.42 Å². The fraction of sp³-hybridized carbons (Fsp3) is 0.385. The lowest BCUT2D eigenvalue weighted by molar-refractivity contribution is 0.245. The van der Waals surface area contributed by atoms with Crippen LogP contribution in [0.4, 0.5) is 0 Å². The molecule has 0 aliphatic rings. The number of hydrogen-bond donors (Lipinski definition) is 2. The number of hydrogen-bond acceptors (Lipinski definition) is 5. The molecule has 0 fully saturated rings. The summed E-state index contributed by atoms with van der Waals surface area (Å²) in [5.74, 6) is 0.292. The highest BCUT2D eigenvalue weighted by molar-refractivity contribution is 9.10. The standard InChI is InChI=1S/C13H16BrNO4S2/c1-8(2)12(10-4-3-5-20-10)15-21(17,18)11-6-9(7-16)19-13(11)14/h3-6,8,12,15-16H,7H2,1-2H3. The molecular weight excluding hydrogens is 378 g/mol.